The Labute approximate surface area is 136 Å². The van der Waals surface area contributed by atoms with Gasteiger partial charge in [-0.3, -0.25) is 9.59 Å². The predicted molar refractivity (Wildman–Crippen MR) is 91.6 cm³/mol. The molecule has 1 N–H and O–H groups in total. The molecule has 0 radical (unpaired) electrons. The number of anilines is 2. The molecule has 0 bridgehead atoms. The van der Waals surface area contributed by atoms with Crippen LogP contribution in [0.25, 0.3) is 0 Å². The van der Waals surface area contributed by atoms with Crippen LogP contribution in [0, 0.1) is 5.92 Å². The second-order valence-corrected chi connectivity index (χ2v) is 5.73. The van der Waals surface area contributed by atoms with Crippen molar-refractivity contribution < 1.29 is 9.59 Å². The lowest BCUT2D eigenvalue weighted by atomic mass is 10.1. The smallest absolute Gasteiger partial charge is 0.258 e. The number of amides is 2. The van der Waals surface area contributed by atoms with Gasteiger partial charge in [0.1, 0.15) is 0 Å². The number of carbonyl (C=O) groups excluding carboxylic acids is 2. The minimum atomic E-state index is -0.0683. The number of nitrogens with one attached hydrogen (secondary N) is 1. The average molecular weight is 308 g/mol. The summed E-state index contributed by atoms with van der Waals surface area (Å²) in [6.07, 6.45) is 1.92. The van der Waals surface area contributed by atoms with Crippen LogP contribution >= 0.6 is 0 Å². The molecule has 0 atom stereocenters. The number of rotatable bonds is 5. The van der Waals surface area contributed by atoms with Crippen molar-refractivity contribution in [2.75, 3.05) is 16.8 Å². The Bertz CT molecular complexity index is 708. The van der Waals surface area contributed by atoms with Gasteiger partial charge in [0.25, 0.3) is 5.91 Å². The molecular weight excluding hydrogens is 288 g/mol. The van der Waals surface area contributed by atoms with E-state index in [4.69, 9.17) is 0 Å². The maximum absolute atomic E-state index is 12.8. The van der Waals surface area contributed by atoms with Crippen molar-refractivity contribution in [1.82, 2.24) is 0 Å². The molecule has 1 aliphatic rings. The van der Waals surface area contributed by atoms with E-state index in [0.29, 0.717) is 17.8 Å². The molecule has 3 rings (SSSR count). The molecule has 1 saturated carbocycles. The third-order valence-electron chi connectivity index (χ3n) is 3.95. The first kappa shape index (κ1) is 15.3. The van der Waals surface area contributed by atoms with Gasteiger partial charge in [0, 0.05) is 29.4 Å². The van der Waals surface area contributed by atoms with Gasteiger partial charge in [0.15, 0.2) is 0 Å². The van der Waals surface area contributed by atoms with E-state index in [-0.39, 0.29) is 17.7 Å². The summed E-state index contributed by atoms with van der Waals surface area (Å²) in [5.41, 5.74) is 2.12. The largest absolute Gasteiger partial charge is 0.326 e. The van der Waals surface area contributed by atoms with Crippen molar-refractivity contribution in [2.45, 2.75) is 19.8 Å². The van der Waals surface area contributed by atoms with E-state index in [1.807, 2.05) is 43.3 Å². The van der Waals surface area contributed by atoms with Crippen molar-refractivity contribution >= 4 is 23.2 Å². The van der Waals surface area contributed by atoms with Crippen LogP contribution in [-0.2, 0) is 4.79 Å². The van der Waals surface area contributed by atoms with E-state index in [1.165, 1.54) is 0 Å². The number of benzene rings is 2. The average Bonchev–Trinajstić information content (AvgIpc) is 3.42. The van der Waals surface area contributed by atoms with Gasteiger partial charge in [0.2, 0.25) is 5.91 Å². The highest BCUT2D eigenvalue weighted by atomic mass is 16.2. The molecule has 2 aromatic carbocycles. The standard InChI is InChI=1S/C19H20N2O2/c1-2-21(17-9-4-3-5-10-17)19(23)15-7-6-8-16(13-15)20-18(22)14-11-12-14/h3-10,13-14H,2,11-12H2,1H3,(H,20,22). The first-order valence-electron chi connectivity index (χ1n) is 7.97. The van der Waals surface area contributed by atoms with Crippen LogP contribution in [0.2, 0.25) is 0 Å². The quantitative estimate of drug-likeness (QED) is 0.915. The van der Waals surface area contributed by atoms with Crippen molar-refractivity contribution in [1.29, 1.82) is 0 Å². The molecule has 0 aromatic heterocycles. The monoisotopic (exact) mass is 308 g/mol. The summed E-state index contributed by atoms with van der Waals surface area (Å²) in [7, 11) is 0. The Hall–Kier alpha value is -2.62. The van der Waals surface area contributed by atoms with Crippen LogP contribution in [0.15, 0.2) is 54.6 Å². The molecule has 118 valence electrons. The molecule has 0 saturated heterocycles. The zero-order valence-electron chi connectivity index (χ0n) is 13.2. The minimum absolute atomic E-state index is 0.0463. The highest BCUT2D eigenvalue weighted by Gasteiger charge is 2.29. The third kappa shape index (κ3) is 3.59. The zero-order chi connectivity index (χ0) is 16.2. The van der Waals surface area contributed by atoms with Gasteiger partial charge in [0.05, 0.1) is 0 Å². The van der Waals surface area contributed by atoms with Gasteiger partial charge in [-0.2, -0.15) is 0 Å². The number of hydrogen-bond donors (Lipinski definition) is 1. The summed E-state index contributed by atoms with van der Waals surface area (Å²) in [6.45, 7) is 2.53. The van der Waals surface area contributed by atoms with Gasteiger partial charge in [-0.1, -0.05) is 24.3 Å². The van der Waals surface area contributed by atoms with E-state index in [2.05, 4.69) is 5.32 Å². The first-order valence-corrected chi connectivity index (χ1v) is 7.97. The lowest BCUT2D eigenvalue weighted by Gasteiger charge is -2.21. The fraction of sp³-hybridized carbons (Fsp3) is 0.263. The fourth-order valence-corrected chi connectivity index (χ4v) is 2.53. The van der Waals surface area contributed by atoms with E-state index in [0.717, 1.165) is 18.5 Å². The Balaban J connectivity index is 1.79. The molecule has 0 spiro atoms. The second kappa shape index (κ2) is 6.65. The molecule has 23 heavy (non-hydrogen) atoms. The maximum Gasteiger partial charge on any atom is 0.258 e. The van der Waals surface area contributed by atoms with Crippen LogP contribution in [0.1, 0.15) is 30.1 Å². The summed E-state index contributed by atoms with van der Waals surface area (Å²) >= 11 is 0. The summed E-state index contributed by atoms with van der Waals surface area (Å²) in [5, 5.41) is 2.89. The molecular formula is C19H20N2O2. The Morgan fingerprint density at radius 1 is 1.09 bits per heavy atom. The molecule has 0 aliphatic heterocycles. The van der Waals surface area contributed by atoms with Crippen molar-refractivity contribution in [3.05, 3.63) is 60.2 Å². The minimum Gasteiger partial charge on any atom is -0.326 e. The van der Waals surface area contributed by atoms with Gasteiger partial charge < -0.3 is 10.2 Å². The maximum atomic E-state index is 12.8. The topological polar surface area (TPSA) is 49.4 Å². The Morgan fingerprint density at radius 3 is 2.48 bits per heavy atom. The van der Waals surface area contributed by atoms with E-state index >= 15 is 0 Å². The number of para-hydroxylation sites is 1. The molecule has 1 fully saturated rings. The van der Waals surface area contributed by atoms with Crippen LogP contribution in [0.4, 0.5) is 11.4 Å². The summed E-state index contributed by atoms with van der Waals surface area (Å²) in [6, 6.07) is 16.7. The third-order valence-corrected chi connectivity index (χ3v) is 3.95. The molecule has 4 nitrogen and oxygen atoms in total. The normalized spacial score (nSPS) is 13.4. The van der Waals surface area contributed by atoms with Crippen LogP contribution in [0.5, 0.6) is 0 Å². The van der Waals surface area contributed by atoms with Crippen molar-refractivity contribution in [3.63, 3.8) is 0 Å². The summed E-state index contributed by atoms with van der Waals surface area (Å²) in [5.74, 6) is 0.122. The zero-order valence-corrected chi connectivity index (χ0v) is 13.2. The van der Waals surface area contributed by atoms with Crippen LogP contribution in [-0.4, -0.2) is 18.4 Å². The van der Waals surface area contributed by atoms with E-state index in [9.17, 15) is 9.59 Å². The molecule has 0 unspecified atom stereocenters. The highest BCUT2D eigenvalue weighted by Crippen LogP contribution is 2.30. The summed E-state index contributed by atoms with van der Waals surface area (Å²) in [4.78, 5) is 26.4. The molecule has 1 aliphatic carbocycles. The van der Waals surface area contributed by atoms with Crippen LogP contribution in [0.3, 0.4) is 0 Å². The molecule has 2 aromatic rings. The SMILES string of the molecule is CCN(C(=O)c1cccc(NC(=O)C2CC2)c1)c1ccccc1. The number of nitrogens with zero attached hydrogens (tertiary/aromatic N) is 1. The van der Waals surface area contributed by atoms with Crippen LogP contribution < -0.4 is 10.2 Å². The summed E-state index contributed by atoms with van der Waals surface area (Å²) < 4.78 is 0. The molecule has 4 heteroatoms. The first-order chi connectivity index (χ1) is 11.2. The number of hydrogen-bond acceptors (Lipinski definition) is 2. The van der Waals surface area contributed by atoms with Gasteiger partial charge in [-0.15, -0.1) is 0 Å². The fourth-order valence-electron chi connectivity index (χ4n) is 2.53. The Kier molecular flexibility index (Phi) is 4.42. The molecule has 2 amide bonds. The molecule has 0 heterocycles. The predicted octanol–water partition coefficient (Wildman–Crippen LogP) is 3.70. The van der Waals surface area contributed by atoms with Crippen molar-refractivity contribution in [3.8, 4) is 0 Å². The van der Waals surface area contributed by atoms with E-state index in [1.54, 1.807) is 23.1 Å². The lowest BCUT2D eigenvalue weighted by Crippen LogP contribution is -2.30. The van der Waals surface area contributed by atoms with Gasteiger partial charge in [-0.25, -0.2) is 0 Å². The number of carbonyl (C=O) groups is 2. The lowest BCUT2D eigenvalue weighted by molar-refractivity contribution is -0.117. The van der Waals surface area contributed by atoms with Crippen molar-refractivity contribution in [2.24, 2.45) is 5.92 Å². The van der Waals surface area contributed by atoms with Gasteiger partial charge >= 0.3 is 0 Å². The highest BCUT2D eigenvalue weighted by molar-refractivity contribution is 6.07. The Morgan fingerprint density at radius 2 is 1.83 bits per heavy atom. The van der Waals surface area contributed by atoms with Gasteiger partial charge in [-0.05, 0) is 50.1 Å². The second-order valence-electron chi connectivity index (χ2n) is 5.73. The van der Waals surface area contributed by atoms with E-state index < -0.39 is 0 Å².